The summed E-state index contributed by atoms with van der Waals surface area (Å²) in [5, 5.41) is 1.42. The predicted molar refractivity (Wildman–Crippen MR) is 61.6 cm³/mol. The lowest BCUT2D eigenvalue weighted by Crippen LogP contribution is -2.50. The molecule has 0 spiro atoms. The van der Waals surface area contributed by atoms with Gasteiger partial charge in [-0.15, -0.1) is 0 Å². The van der Waals surface area contributed by atoms with Crippen LogP contribution in [0.15, 0.2) is 18.6 Å². The Balaban J connectivity index is 2.21. The normalized spacial score (nSPS) is 18.6. The van der Waals surface area contributed by atoms with E-state index in [9.17, 15) is 0 Å². The summed E-state index contributed by atoms with van der Waals surface area (Å²) >= 11 is 6.03. The van der Waals surface area contributed by atoms with Crippen LogP contribution in [0.5, 0.6) is 0 Å². The average molecular weight is 238 g/mol. The number of fused-ring (bicyclic) bond motifs is 1. The van der Waals surface area contributed by atoms with Crippen LogP contribution in [0.3, 0.4) is 0 Å². The molecule has 3 rings (SSSR count). The average Bonchev–Trinajstić information content (AvgIpc) is 2.64. The number of nitrogens with zero attached hydrogens (tertiary/aromatic N) is 3. The molecule has 5 heteroatoms. The van der Waals surface area contributed by atoms with E-state index in [4.69, 9.17) is 16.3 Å². The zero-order valence-electron chi connectivity index (χ0n) is 8.98. The van der Waals surface area contributed by atoms with Gasteiger partial charge in [-0.05, 0) is 12.5 Å². The Labute approximate surface area is 98.2 Å². The molecule has 1 aliphatic rings. The second-order valence-corrected chi connectivity index (χ2v) is 4.52. The molecule has 4 nitrogen and oxygen atoms in total. The summed E-state index contributed by atoms with van der Waals surface area (Å²) in [6.45, 7) is 3.65. The highest BCUT2D eigenvalue weighted by molar-refractivity contribution is 6.33. The molecule has 2 aromatic rings. The van der Waals surface area contributed by atoms with E-state index in [1.54, 1.807) is 0 Å². The molecular formula is C11H12ClN3O. The van der Waals surface area contributed by atoms with Gasteiger partial charge in [-0.25, -0.2) is 9.97 Å². The molecule has 0 aromatic carbocycles. The van der Waals surface area contributed by atoms with Gasteiger partial charge in [-0.3, -0.25) is 0 Å². The van der Waals surface area contributed by atoms with Crippen molar-refractivity contribution < 1.29 is 4.74 Å². The molecule has 0 aliphatic carbocycles. The van der Waals surface area contributed by atoms with Crippen molar-refractivity contribution in [3.05, 3.63) is 23.7 Å². The van der Waals surface area contributed by atoms with E-state index in [1.165, 1.54) is 6.33 Å². The van der Waals surface area contributed by atoms with Gasteiger partial charge in [0.05, 0.1) is 24.1 Å². The van der Waals surface area contributed by atoms with Crippen molar-refractivity contribution in [3.8, 4) is 0 Å². The number of hydrogen-bond donors (Lipinski definition) is 0. The second kappa shape index (κ2) is 3.43. The standard InChI is InChI=1S/C11H12ClN3O/c1-2-11(5-16-6-11)15-4-3-8-9(12)13-7-14-10(8)15/h3-4,7H,2,5-6H2,1H3. The van der Waals surface area contributed by atoms with Gasteiger partial charge in [-0.2, -0.15) is 0 Å². The summed E-state index contributed by atoms with van der Waals surface area (Å²) in [6.07, 6.45) is 4.56. The van der Waals surface area contributed by atoms with Gasteiger partial charge >= 0.3 is 0 Å². The smallest absolute Gasteiger partial charge is 0.145 e. The van der Waals surface area contributed by atoms with Gasteiger partial charge in [0.25, 0.3) is 0 Å². The van der Waals surface area contributed by atoms with Crippen LogP contribution < -0.4 is 0 Å². The minimum Gasteiger partial charge on any atom is -0.376 e. The van der Waals surface area contributed by atoms with Crippen molar-refractivity contribution in [2.45, 2.75) is 18.9 Å². The zero-order chi connectivity index (χ0) is 11.2. The highest BCUT2D eigenvalue weighted by atomic mass is 35.5. The van der Waals surface area contributed by atoms with Crippen LogP contribution in [0.1, 0.15) is 13.3 Å². The van der Waals surface area contributed by atoms with Gasteiger partial charge in [0.15, 0.2) is 0 Å². The summed E-state index contributed by atoms with van der Waals surface area (Å²) in [4.78, 5) is 8.29. The molecule has 0 atom stereocenters. The third-order valence-electron chi connectivity index (χ3n) is 3.34. The Morgan fingerprint density at radius 1 is 1.50 bits per heavy atom. The maximum absolute atomic E-state index is 6.03. The van der Waals surface area contributed by atoms with E-state index in [0.717, 1.165) is 30.7 Å². The van der Waals surface area contributed by atoms with Gasteiger partial charge in [0.1, 0.15) is 17.1 Å². The topological polar surface area (TPSA) is 39.9 Å². The molecule has 1 saturated heterocycles. The zero-order valence-corrected chi connectivity index (χ0v) is 9.74. The highest BCUT2D eigenvalue weighted by Crippen LogP contribution is 2.34. The summed E-state index contributed by atoms with van der Waals surface area (Å²) in [7, 11) is 0. The molecule has 3 heterocycles. The molecule has 2 aromatic heterocycles. The molecule has 84 valence electrons. The van der Waals surface area contributed by atoms with Gasteiger partial charge < -0.3 is 9.30 Å². The quantitative estimate of drug-likeness (QED) is 0.752. The first-order valence-corrected chi connectivity index (χ1v) is 5.70. The molecule has 0 bridgehead atoms. The van der Waals surface area contributed by atoms with Crippen molar-refractivity contribution in [2.75, 3.05) is 13.2 Å². The maximum Gasteiger partial charge on any atom is 0.145 e. The molecule has 1 fully saturated rings. The third kappa shape index (κ3) is 1.20. The van der Waals surface area contributed by atoms with Gasteiger partial charge in [0, 0.05) is 6.20 Å². The number of ether oxygens (including phenoxy) is 1. The molecule has 0 radical (unpaired) electrons. The number of rotatable bonds is 2. The number of hydrogen-bond acceptors (Lipinski definition) is 3. The lowest BCUT2D eigenvalue weighted by Gasteiger charge is -2.42. The molecule has 1 aliphatic heterocycles. The van der Waals surface area contributed by atoms with E-state index in [1.807, 2.05) is 12.3 Å². The lowest BCUT2D eigenvalue weighted by molar-refractivity contribution is -0.101. The lowest BCUT2D eigenvalue weighted by atomic mass is 9.94. The van der Waals surface area contributed by atoms with Gasteiger partial charge in [0.2, 0.25) is 0 Å². The molecule has 16 heavy (non-hydrogen) atoms. The monoisotopic (exact) mass is 237 g/mol. The van der Waals surface area contributed by atoms with Crippen LogP contribution in [0, 0.1) is 0 Å². The van der Waals surface area contributed by atoms with Crippen LogP contribution in [0.4, 0.5) is 0 Å². The summed E-state index contributed by atoms with van der Waals surface area (Å²) in [5.74, 6) is 0. The first-order valence-electron chi connectivity index (χ1n) is 5.33. The number of halogens is 1. The fraction of sp³-hybridized carbons (Fsp3) is 0.455. The fourth-order valence-corrected chi connectivity index (χ4v) is 2.35. The molecular weight excluding hydrogens is 226 g/mol. The van der Waals surface area contributed by atoms with Crippen molar-refractivity contribution >= 4 is 22.6 Å². The second-order valence-electron chi connectivity index (χ2n) is 4.16. The molecule has 0 N–H and O–H groups in total. The maximum atomic E-state index is 6.03. The third-order valence-corrected chi connectivity index (χ3v) is 3.64. The Morgan fingerprint density at radius 3 is 2.94 bits per heavy atom. The first kappa shape index (κ1) is 10.1. The van der Waals surface area contributed by atoms with Crippen LogP contribution in [-0.2, 0) is 10.3 Å². The number of aromatic nitrogens is 3. The first-order chi connectivity index (χ1) is 7.77. The minimum atomic E-state index is 0.0550. The SMILES string of the molecule is CCC1(n2ccc3c(Cl)ncnc32)COC1. The van der Waals surface area contributed by atoms with Crippen LogP contribution in [-0.4, -0.2) is 27.7 Å². The fourth-order valence-electron chi connectivity index (χ4n) is 2.15. The predicted octanol–water partition coefficient (Wildman–Crippen LogP) is 2.22. The minimum absolute atomic E-state index is 0.0550. The van der Waals surface area contributed by atoms with E-state index >= 15 is 0 Å². The van der Waals surface area contributed by atoms with E-state index in [2.05, 4.69) is 21.5 Å². The van der Waals surface area contributed by atoms with Crippen molar-refractivity contribution in [1.82, 2.24) is 14.5 Å². The van der Waals surface area contributed by atoms with E-state index in [-0.39, 0.29) is 5.54 Å². The van der Waals surface area contributed by atoms with Crippen LogP contribution >= 0.6 is 11.6 Å². The van der Waals surface area contributed by atoms with E-state index < -0.39 is 0 Å². The Kier molecular flexibility index (Phi) is 2.16. The largest absolute Gasteiger partial charge is 0.376 e. The summed E-state index contributed by atoms with van der Waals surface area (Å²) < 4.78 is 7.50. The summed E-state index contributed by atoms with van der Waals surface area (Å²) in [6, 6.07) is 1.97. The Bertz CT molecular complexity index is 527. The molecule has 0 saturated carbocycles. The van der Waals surface area contributed by atoms with E-state index in [0.29, 0.717) is 5.15 Å². The van der Waals surface area contributed by atoms with Crippen LogP contribution in [0.25, 0.3) is 11.0 Å². The summed E-state index contributed by atoms with van der Waals surface area (Å²) in [5.41, 5.74) is 0.949. The van der Waals surface area contributed by atoms with Crippen molar-refractivity contribution in [2.24, 2.45) is 0 Å². The van der Waals surface area contributed by atoms with Crippen molar-refractivity contribution in [3.63, 3.8) is 0 Å². The highest BCUT2D eigenvalue weighted by Gasteiger charge is 2.39. The Hall–Kier alpha value is -1.13. The molecule has 0 unspecified atom stereocenters. The van der Waals surface area contributed by atoms with Crippen LogP contribution in [0.2, 0.25) is 5.15 Å². The molecule has 0 amide bonds. The Morgan fingerprint density at radius 2 is 2.31 bits per heavy atom. The van der Waals surface area contributed by atoms with Gasteiger partial charge in [-0.1, -0.05) is 18.5 Å². The van der Waals surface area contributed by atoms with Crippen molar-refractivity contribution in [1.29, 1.82) is 0 Å².